The van der Waals surface area contributed by atoms with Crippen molar-refractivity contribution in [3.63, 3.8) is 0 Å². The SMILES string of the molecule is COc1ccc([C@@H]2C(=O)N(C3CCCCCC3)CC(=O)N2C2CCCCCCC2)cc1. The molecule has 1 aromatic rings. The highest BCUT2D eigenvalue weighted by Crippen LogP contribution is 2.36. The molecule has 0 unspecified atom stereocenters. The quantitative estimate of drug-likeness (QED) is 0.619. The Morgan fingerprint density at radius 2 is 1.26 bits per heavy atom. The third-order valence-electron chi connectivity index (χ3n) is 7.55. The van der Waals surface area contributed by atoms with E-state index in [1.165, 1.54) is 32.1 Å². The summed E-state index contributed by atoms with van der Waals surface area (Å²) in [5.74, 6) is 1.03. The number of nitrogens with zero attached hydrogens (tertiary/aromatic N) is 2. The predicted molar refractivity (Wildman–Crippen MR) is 122 cm³/mol. The van der Waals surface area contributed by atoms with Crippen LogP contribution in [0.1, 0.15) is 95.1 Å². The summed E-state index contributed by atoms with van der Waals surface area (Å²) in [6.45, 7) is 0.257. The van der Waals surface area contributed by atoms with Crippen LogP contribution in [0.2, 0.25) is 0 Å². The molecule has 1 saturated heterocycles. The van der Waals surface area contributed by atoms with Crippen molar-refractivity contribution in [3.8, 4) is 5.75 Å². The van der Waals surface area contributed by atoms with Crippen LogP contribution in [0, 0.1) is 0 Å². The molecule has 3 aliphatic rings. The minimum Gasteiger partial charge on any atom is -0.497 e. The Labute approximate surface area is 187 Å². The fourth-order valence-electron chi connectivity index (χ4n) is 5.82. The largest absolute Gasteiger partial charge is 0.497 e. The van der Waals surface area contributed by atoms with Crippen LogP contribution in [0.4, 0.5) is 0 Å². The second kappa shape index (κ2) is 10.5. The Morgan fingerprint density at radius 1 is 0.742 bits per heavy atom. The molecule has 0 radical (unpaired) electrons. The lowest BCUT2D eigenvalue weighted by Gasteiger charge is -2.47. The van der Waals surface area contributed by atoms with Gasteiger partial charge in [0.25, 0.3) is 5.91 Å². The fourth-order valence-corrected chi connectivity index (χ4v) is 5.82. The third-order valence-corrected chi connectivity index (χ3v) is 7.55. The molecule has 2 aliphatic carbocycles. The zero-order valence-electron chi connectivity index (χ0n) is 19.1. The second-order valence-electron chi connectivity index (χ2n) is 9.59. The van der Waals surface area contributed by atoms with Crippen molar-refractivity contribution >= 4 is 11.8 Å². The number of amides is 2. The molecule has 5 nitrogen and oxygen atoms in total. The molecule has 0 N–H and O–H groups in total. The van der Waals surface area contributed by atoms with Crippen LogP contribution in [0.3, 0.4) is 0 Å². The van der Waals surface area contributed by atoms with Crippen molar-refractivity contribution in [3.05, 3.63) is 29.8 Å². The number of piperazine rings is 1. The van der Waals surface area contributed by atoms with Gasteiger partial charge in [-0.15, -0.1) is 0 Å². The predicted octanol–water partition coefficient (Wildman–Crippen LogP) is 5.24. The summed E-state index contributed by atoms with van der Waals surface area (Å²) >= 11 is 0. The molecule has 3 fully saturated rings. The Hall–Kier alpha value is -2.04. The van der Waals surface area contributed by atoms with E-state index in [1.807, 2.05) is 34.1 Å². The highest BCUT2D eigenvalue weighted by atomic mass is 16.5. The summed E-state index contributed by atoms with van der Waals surface area (Å²) in [7, 11) is 1.65. The van der Waals surface area contributed by atoms with Crippen molar-refractivity contribution in [1.29, 1.82) is 0 Å². The van der Waals surface area contributed by atoms with Gasteiger partial charge in [-0.3, -0.25) is 9.59 Å². The number of methoxy groups -OCH3 is 1. The van der Waals surface area contributed by atoms with Crippen LogP contribution in [0.25, 0.3) is 0 Å². The van der Waals surface area contributed by atoms with Gasteiger partial charge in [0.1, 0.15) is 18.3 Å². The van der Waals surface area contributed by atoms with Gasteiger partial charge < -0.3 is 14.5 Å². The average Bonchev–Trinajstić information content (AvgIpc) is 3.05. The van der Waals surface area contributed by atoms with Gasteiger partial charge in [0.15, 0.2) is 0 Å². The Balaban J connectivity index is 1.65. The number of ether oxygens (including phenoxy) is 1. The third kappa shape index (κ3) is 5.07. The van der Waals surface area contributed by atoms with Crippen LogP contribution in [0.15, 0.2) is 24.3 Å². The maximum absolute atomic E-state index is 13.9. The van der Waals surface area contributed by atoms with Gasteiger partial charge in [0.2, 0.25) is 5.91 Å². The normalized spacial score (nSPS) is 25.1. The summed E-state index contributed by atoms with van der Waals surface area (Å²) < 4.78 is 5.33. The molecule has 0 aromatic heterocycles. The maximum Gasteiger partial charge on any atom is 0.250 e. The van der Waals surface area contributed by atoms with Gasteiger partial charge >= 0.3 is 0 Å². The van der Waals surface area contributed by atoms with E-state index in [0.717, 1.165) is 62.7 Å². The summed E-state index contributed by atoms with van der Waals surface area (Å²) in [5.41, 5.74) is 0.916. The van der Waals surface area contributed by atoms with E-state index in [-0.39, 0.29) is 30.4 Å². The first-order chi connectivity index (χ1) is 15.2. The van der Waals surface area contributed by atoms with Crippen molar-refractivity contribution in [2.24, 2.45) is 0 Å². The average molecular weight is 427 g/mol. The standard InChI is InChI=1S/C26H38N2O3/c1-31-23-17-15-20(16-18-23)25-26(30)27(21-11-7-5-6-8-12-21)19-24(29)28(25)22-13-9-3-2-4-10-14-22/h15-18,21-22,25H,2-14,19H2,1H3/t25-/m1/s1. The molecule has 1 heterocycles. The summed E-state index contributed by atoms with van der Waals surface area (Å²) in [6.07, 6.45) is 14.9. The Bertz CT molecular complexity index is 732. The zero-order chi connectivity index (χ0) is 21.6. The molecule has 0 spiro atoms. The number of carbonyl (C=O) groups is 2. The minimum absolute atomic E-state index is 0.124. The van der Waals surface area contributed by atoms with Gasteiger partial charge in [-0.1, -0.05) is 69.9 Å². The maximum atomic E-state index is 13.9. The molecule has 5 heteroatoms. The van der Waals surface area contributed by atoms with E-state index in [2.05, 4.69) is 0 Å². The Kier molecular flexibility index (Phi) is 7.52. The molecule has 2 saturated carbocycles. The van der Waals surface area contributed by atoms with Crippen molar-refractivity contribution in [2.45, 2.75) is 102 Å². The number of carbonyl (C=O) groups excluding carboxylic acids is 2. The lowest BCUT2D eigenvalue weighted by Crippen LogP contribution is -2.60. The highest BCUT2D eigenvalue weighted by Gasteiger charge is 2.45. The second-order valence-corrected chi connectivity index (χ2v) is 9.59. The van der Waals surface area contributed by atoms with Crippen LogP contribution in [0.5, 0.6) is 5.75 Å². The number of hydrogen-bond acceptors (Lipinski definition) is 3. The molecular weight excluding hydrogens is 388 g/mol. The topological polar surface area (TPSA) is 49.9 Å². The van der Waals surface area contributed by atoms with Crippen LogP contribution < -0.4 is 4.74 Å². The van der Waals surface area contributed by atoms with Gasteiger partial charge in [-0.2, -0.15) is 0 Å². The van der Waals surface area contributed by atoms with Crippen molar-refractivity contribution in [2.75, 3.05) is 13.7 Å². The van der Waals surface area contributed by atoms with E-state index < -0.39 is 6.04 Å². The summed E-state index contributed by atoms with van der Waals surface area (Å²) in [6, 6.07) is 7.64. The minimum atomic E-state index is -0.500. The molecule has 0 bridgehead atoms. The van der Waals surface area contributed by atoms with Gasteiger partial charge in [0.05, 0.1) is 7.11 Å². The number of hydrogen-bond donors (Lipinski definition) is 0. The first-order valence-electron chi connectivity index (χ1n) is 12.4. The Morgan fingerprint density at radius 3 is 1.81 bits per heavy atom. The fraction of sp³-hybridized carbons (Fsp3) is 0.692. The lowest BCUT2D eigenvalue weighted by atomic mass is 9.90. The van der Waals surface area contributed by atoms with Gasteiger partial charge in [-0.05, 0) is 43.4 Å². The monoisotopic (exact) mass is 426 g/mol. The van der Waals surface area contributed by atoms with Crippen molar-refractivity contribution < 1.29 is 14.3 Å². The lowest BCUT2D eigenvalue weighted by molar-refractivity contribution is -0.162. The van der Waals surface area contributed by atoms with Crippen LogP contribution in [-0.4, -0.2) is 47.4 Å². The van der Waals surface area contributed by atoms with E-state index in [0.29, 0.717) is 0 Å². The zero-order valence-corrected chi connectivity index (χ0v) is 19.1. The molecule has 31 heavy (non-hydrogen) atoms. The molecule has 1 aromatic carbocycles. The van der Waals surface area contributed by atoms with E-state index in [9.17, 15) is 9.59 Å². The smallest absolute Gasteiger partial charge is 0.250 e. The molecule has 170 valence electrons. The first-order valence-corrected chi connectivity index (χ1v) is 12.4. The highest BCUT2D eigenvalue weighted by molar-refractivity contribution is 5.96. The van der Waals surface area contributed by atoms with E-state index >= 15 is 0 Å². The molecular formula is C26H38N2O3. The van der Waals surface area contributed by atoms with Gasteiger partial charge in [0, 0.05) is 12.1 Å². The first kappa shape index (κ1) is 22.2. The number of benzene rings is 1. The summed E-state index contributed by atoms with van der Waals surface area (Å²) in [5, 5.41) is 0. The molecule has 1 atom stereocenters. The molecule has 4 rings (SSSR count). The van der Waals surface area contributed by atoms with E-state index in [4.69, 9.17) is 4.74 Å². The molecule has 1 aliphatic heterocycles. The van der Waals surface area contributed by atoms with Gasteiger partial charge in [-0.25, -0.2) is 0 Å². The van der Waals surface area contributed by atoms with Crippen LogP contribution in [-0.2, 0) is 9.59 Å². The van der Waals surface area contributed by atoms with E-state index in [1.54, 1.807) is 7.11 Å². The van der Waals surface area contributed by atoms with Crippen molar-refractivity contribution in [1.82, 2.24) is 9.80 Å². The summed E-state index contributed by atoms with van der Waals surface area (Å²) in [4.78, 5) is 31.4. The van der Waals surface area contributed by atoms with Crippen LogP contribution >= 0.6 is 0 Å². The molecule has 2 amide bonds. The number of rotatable bonds is 4.